The molecule has 10 aromatic carbocycles. The van der Waals surface area contributed by atoms with Crippen molar-refractivity contribution in [2.75, 3.05) is 0 Å². The molecule has 0 aliphatic carbocycles. The summed E-state index contributed by atoms with van der Waals surface area (Å²) in [5.74, 6) is 1.21. The van der Waals surface area contributed by atoms with Crippen LogP contribution in [0.1, 0.15) is 22.9 Å². The molecule has 1 atom stereocenters. The van der Waals surface area contributed by atoms with Gasteiger partial charge >= 0.3 is 0 Å². The summed E-state index contributed by atoms with van der Waals surface area (Å²) >= 11 is 0. The summed E-state index contributed by atoms with van der Waals surface area (Å²) in [5, 5.41) is 15.1. The maximum absolute atomic E-state index is 7.02. The molecule has 1 aliphatic heterocycles. The van der Waals surface area contributed by atoms with Crippen LogP contribution in [0.4, 0.5) is 0 Å². The molecule has 13 aromatic rings. The lowest BCUT2D eigenvalue weighted by molar-refractivity contribution is 0.657. The summed E-state index contributed by atoms with van der Waals surface area (Å²) in [6.45, 7) is 0. The van der Waals surface area contributed by atoms with Gasteiger partial charge in [-0.15, -0.1) is 0 Å². The summed E-state index contributed by atoms with van der Waals surface area (Å²) < 4.78 is 16.1. The number of benzene rings is 10. The van der Waals surface area contributed by atoms with Gasteiger partial charge < -0.3 is 18.7 Å². The van der Waals surface area contributed by atoms with Crippen LogP contribution in [0.3, 0.4) is 0 Å². The quantitative estimate of drug-likeness (QED) is 0.188. The average molecular weight is 833 g/mol. The van der Waals surface area contributed by atoms with Gasteiger partial charge in [-0.3, -0.25) is 0 Å². The number of aromatic nitrogens is 1. The van der Waals surface area contributed by atoms with Crippen LogP contribution in [-0.2, 0) is 0 Å². The van der Waals surface area contributed by atoms with Crippen molar-refractivity contribution in [2.45, 2.75) is 6.17 Å². The first-order chi connectivity index (χ1) is 32.2. The number of rotatable bonds is 5. The van der Waals surface area contributed by atoms with Crippen LogP contribution < -0.4 is 5.32 Å². The SMILES string of the molecule is c1ccc(-c2cccc(C3N=C(c4cccc5c4oc4ccccc45)N=C(c4c(-n5c6cc7ccccc7cc6c6cc7ccccc7cc65)ccc5c4oc4ccccc45)N3)c2)cc1. The van der Waals surface area contributed by atoms with Crippen LogP contribution >= 0.6 is 0 Å². The Morgan fingerprint density at radius 3 is 1.68 bits per heavy atom. The molecule has 0 saturated carbocycles. The van der Waals surface area contributed by atoms with Gasteiger partial charge in [0.1, 0.15) is 34.3 Å². The fourth-order valence-corrected chi connectivity index (χ4v) is 10.1. The Balaban J connectivity index is 1.08. The number of hydrogen-bond donors (Lipinski definition) is 1. The number of nitrogens with zero attached hydrogens (tertiary/aromatic N) is 3. The van der Waals surface area contributed by atoms with Crippen LogP contribution in [0.2, 0.25) is 0 Å². The molecule has 6 heteroatoms. The zero-order valence-electron chi connectivity index (χ0n) is 34.9. The van der Waals surface area contributed by atoms with Crippen LogP contribution in [0.25, 0.3) is 104 Å². The monoisotopic (exact) mass is 832 g/mol. The molecule has 0 bridgehead atoms. The van der Waals surface area contributed by atoms with Crippen molar-refractivity contribution in [2.24, 2.45) is 9.98 Å². The van der Waals surface area contributed by atoms with Gasteiger partial charge in [-0.1, -0.05) is 146 Å². The van der Waals surface area contributed by atoms with E-state index in [0.717, 1.165) is 88.4 Å². The van der Waals surface area contributed by atoms with Crippen molar-refractivity contribution >= 4 is 98.9 Å². The Kier molecular flexibility index (Phi) is 7.65. The Morgan fingerprint density at radius 1 is 0.431 bits per heavy atom. The van der Waals surface area contributed by atoms with E-state index < -0.39 is 6.17 Å². The smallest absolute Gasteiger partial charge is 0.163 e. The van der Waals surface area contributed by atoms with Gasteiger partial charge in [0.15, 0.2) is 5.84 Å². The number of hydrogen-bond acceptors (Lipinski definition) is 5. The molecule has 0 saturated heterocycles. The van der Waals surface area contributed by atoms with Gasteiger partial charge in [-0.2, -0.15) is 0 Å². The van der Waals surface area contributed by atoms with E-state index in [4.69, 9.17) is 18.8 Å². The fourth-order valence-electron chi connectivity index (χ4n) is 10.1. The van der Waals surface area contributed by atoms with E-state index in [0.29, 0.717) is 11.7 Å². The minimum absolute atomic E-state index is 0.515. The van der Waals surface area contributed by atoms with Crippen molar-refractivity contribution in [3.05, 3.63) is 223 Å². The van der Waals surface area contributed by atoms with Crippen LogP contribution in [0, 0.1) is 0 Å². The molecule has 1 aliphatic rings. The van der Waals surface area contributed by atoms with Crippen molar-refractivity contribution in [1.29, 1.82) is 0 Å². The second-order valence-corrected chi connectivity index (χ2v) is 16.9. The molecule has 6 nitrogen and oxygen atoms in total. The Morgan fingerprint density at radius 2 is 0.985 bits per heavy atom. The third kappa shape index (κ3) is 5.54. The number of fused-ring (bicyclic) bond motifs is 11. The second kappa shape index (κ2) is 13.9. The maximum Gasteiger partial charge on any atom is 0.163 e. The lowest BCUT2D eigenvalue weighted by Gasteiger charge is -2.25. The zero-order valence-corrected chi connectivity index (χ0v) is 34.9. The standard InChI is InChI=1S/C59H36N4O2/c1-2-14-35(15-3-1)36-20-12-21-41(30-36)57-60-58(46-25-13-24-44-42-22-8-10-26-52(42)64-55(44)46)62-59(61-57)54-49(29-28-45-43-23-9-11-27-53(43)65-56(45)54)63-50-33-39-18-6-4-16-37(39)31-47(50)48-32-38-17-5-7-19-40(38)34-51(48)63/h1-34,57H,(H,60,61,62). The predicted octanol–water partition coefficient (Wildman–Crippen LogP) is 15.1. The minimum atomic E-state index is -0.515. The number of furan rings is 2. The summed E-state index contributed by atoms with van der Waals surface area (Å²) in [5.41, 5.74) is 11.1. The first-order valence-electron chi connectivity index (χ1n) is 22.0. The normalized spacial score (nSPS) is 14.3. The van der Waals surface area contributed by atoms with Crippen molar-refractivity contribution in [3.8, 4) is 16.8 Å². The first-order valence-corrected chi connectivity index (χ1v) is 22.0. The molecule has 4 heterocycles. The van der Waals surface area contributed by atoms with Crippen molar-refractivity contribution in [3.63, 3.8) is 0 Å². The van der Waals surface area contributed by atoms with Crippen LogP contribution in [0.5, 0.6) is 0 Å². The van der Waals surface area contributed by atoms with Gasteiger partial charge in [0, 0.05) is 32.3 Å². The van der Waals surface area contributed by atoms with E-state index in [9.17, 15) is 0 Å². The van der Waals surface area contributed by atoms with E-state index in [2.05, 4.69) is 180 Å². The number of para-hydroxylation sites is 3. The molecule has 1 unspecified atom stereocenters. The van der Waals surface area contributed by atoms with Crippen molar-refractivity contribution < 1.29 is 8.83 Å². The minimum Gasteiger partial charge on any atom is -0.455 e. The molecule has 65 heavy (non-hydrogen) atoms. The highest BCUT2D eigenvalue weighted by atomic mass is 16.3. The molecule has 14 rings (SSSR count). The van der Waals surface area contributed by atoms with E-state index in [1.54, 1.807) is 0 Å². The third-order valence-corrected chi connectivity index (χ3v) is 13.2. The third-order valence-electron chi connectivity index (χ3n) is 13.2. The maximum atomic E-state index is 7.02. The lowest BCUT2D eigenvalue weighted by Crippen LogP contribution is -2.34. The molecular weight excluding hydrogens is 797 g/mol. The van der Waals surface area contributed by atoms with Gasteiger partial charge in [0.25, 0.3) is 0 Å². The Labute approximate surface area is 372 Å². The zero-order chi connectivity index (χ0) is 42.6. The van der Waals surface area contributed by atoms with Gasteiger partial charge in [-0.05, 0) is 98.9 Å². The van der Waals surface area contributed by atoms with Gasteiger partial charge in [0.2, 0.25) is 0 Å². The topological polar surface area (TPSA) is 68.0 Å². The summed E-state index contributed by atoms with van der Waals surface area (Å²) in [6, 6.07) is 72.8. The second-order valence-electron chi connectivity index (χ2n) is 16.9. The summed E-state index contributed by atoms with van der Waals surface area (Å²) in [6.07, 6.45) is -0.515. The Hall–Kier alpha value is -8.74. The summed E-state index contributed by atoms with van der Waals surface area (Å²) in [4.78, 5) is 11.0. The summed E-state index contributed by atoms with van der Waals surface area (Å²) in [7, 11) is 0. The van der Waals surface area contributed by atoms with Gasteiger partial charge in [-0.25, -0.2) is 9.98 Å². The predicted molar refractivity (Wildman–Crippen MR) is 268 cm³/mol. The lowest BCUT2D eigenvalue weighted by atomic mass is 10.0. The molecule has 1 N–H and O–H groups in total. The van der Waals surface area contributed by atoms with Gasteiger partial charge in [0.05, 0.1) is 27.8 Å². The Bertz CT molecular complexity index is 4080. The molecule has 0 radical (unpaired) electrons. The number of amidine groups is 2. The molecule has 0 spiro atoms. The highest BCUT2D eigenvalue weighted by Gasteiger charge is 2.30. The van der Waals surface area contributed by atoms with E-state index in [1.807, 2.05) is 36.4 Å². The first kappa shape index (κ1) is 35.8. The molecule has 0 fully saturated rings. The average Bonchev–Trinajstić information content (AvgIpc) is 4.04. The van der Waals surface area contributed by atoms with E-state index in [-0.39, 0.29) is 0 Å². The number of nitrogens with one attached hydrogen (secondary N) is 1. The fraction of sp³-hybridized carbons (Fsp3) is 0.0169. The van der Waals surface area contributed by atoms with Crippen molar-refractivity contribution in [1.82, 2.24) is 9.88 Å². The van der Waals surface area contributed by atoms with Crippen LogP contribution in [0.15, 0.2) is 225 Å². The molecular formula is C59H36N4O2. The van der Waals surface area contributed by atoms with E-state index in [1.165, 1.54) is 32.3 Å². The van der Waals surface area contributed by atoms with E-state index >= 15 is 0 Å². The molecule has 0 amide bonds. The molecule has 304 valence electrons. The van der Waals surface area contributed by atoms with Crippen LogP contribution in [-0.4, -0.2) is 16.2 Å². The largest absolute Gasteiger partial charge is 0.455 e. The number of aliphatic imine (C=N–C) groups is 2. The highest BCUT2D eigenvalue weighted by Crippen LogP contribution is 2.42. The highest BCUT2D eigenvalue weighted by molar-refractivity contribution is 6.25. The molecule has 3 aromatic heterocycles.